The van der Waals surface area contributed by atoms with E-state index in [1.807, 2.05) is 0 Å². The van der Waals surface area contributed by atoms with Crippen LogP contribution in [0.5, 0.6) is 0 Å². The molecule has 1 aliphatic rings. The molecule has 1 fully saturated rings. The molecule has 1 aliphatic heterocycles. The Morgan fingerprint density at radius 2 is 1.74 bits per heavy atom. The second-order valence-electron chi connectivity index (χ2n) is 6.30. The van der Waals surface area contributed by atoms with Crippen LogP contribution in [0.3, 0.4) is 0 Å². The monoisotopic (exact) mass is 313 g/mol. The van der Waals surface area contributed by atoms with Gasteiger partial charge in [0, 0.05) is 51.2 Å². The van der Waals surface area contributed by atoms with E-state index in [0.29, 0.717) is 6.54 Å². The number of rotatable bonds is 4. The number of benzene rings is 1. The van der Waals surface area contributed by atoms with Crippen LogP contribution in [0.2, 0.25) is 0 Å². The fraction of sp³-hybridized carbons (Fsp3) is 0.500. The maximum Gasteiger partial charge on any atom is 0.105 e. The Morgan fingerprint density at radius 3 is 2.26 bits per heavy atom. The molecule has 3 rings (SSSR count). The molecule has 5 heteroatoms. The van der Waals surface area contributed by atoms with Gasteiger partial charge in [0.05, 0.1) is 11.7 Å². The summed E-state index contributed by atoms with van der Waals surface area (Å²) < 4.78 is 2.15. The fourth-order valence-corrected chi connectivity index (χ4v) is 3.42. The van der Waals surface area contributed by atoms with Crippen LogP contribution in [0.4, 0.5) is 5.69 Å². The molecule has 1 saturated heterocycles. The molecular weight excluding hydrogens is 286 g/mol. The molecule has 2 heterocycles. The van der Waals surface area contributed by atoms with E-state index in [4.69, 9.17) is 10.7 Å². The van der Waals surface area contributed by atoms with Gasteiger partial charge in [0.2, 0.25) is 0 Å². The maximum absolute atomic E-state index is 6.11. The van der Waals surface area contributed by atoms with Gasteiger partial charge in [-0.2, -0.15) is 0 Å². The lowest BCUT2D eigenvalue weighted by atomic mass is 10.1. The average molecular weight is 313 g/mol. The average Bonchev–Trinajstić information content (AvgIpc) is 2.85. The van der Waals surface area contributed by atoms with Gasteiger partial charge >= 0.3 is 0 Å². The highest BCUT2D eigenvalue weighted by Crippen LogP contribution is 2.25. The predicted molar refractivity (Wildman–Crippen MR) is 94.7 cm³/mol. The van der Waals surface area contributed by atoms with Crippen LogP contribution in [0, 0.1) is 13.8 Å². The Morgan fingerprint density at radius 1 is 1.09 bits per heavy atom. The van der Waals surface area contributed by atoms with E-state index in [1.165, 1.54) is 11.4 Å². The third-order valence-electron chi connectivity index (χ3n) is 5.06. The SMILES string of the molecule is Cc1nc(C(CN)N2CCN(c3ccccc3)CC2)c(C)n1C. The molecule has 0 spiro atoms. The number of para-hydroxylation sites is 1. The van der Waals surface area contributed by atoms with Crippen LogP contribution in [0.1, 0.15) is 23.3 Å². The van der Waals surface area contributed by atoms with Crippen molar-refractivity contribution in [2.24, 2.45) is 12.8 Å². The van der Waals surface area contributed by atoms with Crippen molar-refractivity contribution in [3.05, 3.63) is 47.5 Å². The molecule has 2 N–H and O–H groups in total. The van der Waals surface area contributed by atoms with E-state index in [-0.39, 0.29) is 6.04 Å². The summed E-state index contributed by atoms with van der Waals surface area (Å²) in [5.74, 6) is 1.05. The number of hydrogen-bond donors (Lipinski definition) is 1. The van der Waals surface area contributed by atoms with Gasteiger partial charge < -0.3 is 15.2 Å². The number of hydrogen-bond acceptors (Lipinski definition) is 4. The molecule has 0 bridgehead atoms. The van der Waals surface area contributed by atoms with Crippen LogP contribution >= 0.6 is 0 Å². The quantitative estimate of drug-likeness (QED) is 0.936. The fourth-order valence-electron chi connectivity index (χ4n) is 3.42. The molecule has 0 aliphatic carbocycles. The van der Waals surface area contributed by atoms with Crippen molar-refractivity contribution in [1.29, 1.82) is 0 Å². The highest BCUT2D eigenvalue weighted by Gasteiger charge is 2.27. The number of nitrogens with zero attached hydrogens (tertiary/aromatic N) is 4. The molecule has 1 aromatic carbocycles. The van der Waals surface area contributed by atoms with Crippen LogP contribution < -0.4 is 10.6 Å². The van der Waals surface area contributed by atoms with Gasteiger partial charge in [0.25, 0.3) is 0 Å². The molecular formula is C18H27N5. The second kappa shape index (κ2) is 6.72. The number of piperazine rings is 1. The number of nitrogens with two attached hydrogens (primary N) is 1. The summed E-state index contributed by atoms with van der Waals surface area (Å²) in [7, 11) is 2.07. The second-order valence-corrected chi connectivity index (χ2v) is 6.30. The number of aryl methyl sites for hydroxylation is 1. The van der Waals surface area contributed by atoms with Crippen molar-refractivity contribution in [2.45, 2.75) is 19.9 Å². The van der Waals surface area contributed by atoms with E-state index >= 15 is 0 Å². The zero-order valence-electron chi connectivity index (χ0n) is 14.4. The van der Waals surface area contributed by atoms with Gasteiger partial charge in [-0.15, -0.1) is 0 Å². The minimum absolute atomic E-state index is 0.216. The Bertz CT molecular complexity index is 641. The first-order chi connectivity index (χ1) is 11.1. The summed E-state index contributed by atoms with van der Waals surface area (Å²) in [6.45, 7) is 8.91. The van der Waals surface area contributed by atoms with Crippen molar-refractivity contribution in [3.8, 4) is 0 Å². The molecule has 1 atom stereocenters. The molecule has 5 nitrogen and oxygen atoms in total. The normalized spacial score (nSPS) is 17.5. The summed E-state index contributed by atoms with van der Waals surface area (Å²) in [6, 6.07) is 10.9. The first-order valence-electron chi connectivity index (χ1n) is 8.35. The number of imidazole rings is 1. The molecule has 124 valence electrons. The molecule has 2 aromatic rings. The van der Waals surface area contributed by atoms with Crippen molar-refractivity contribution in [3.63, 3.8) is 0 Å². The Balaban J connectivity index is 1.71. The maximum atomic E-state index is 6.11. The van der Waals surface area contributed by atoms with E-state index < -0.39 is 0 Å². The van der Waals surface area contributed by atoms with Gasteiger partial charge in [-0.25, -0.2) is 4.98 Å². The molecule has 0 amide bonds. The molecule has 0 radical (unpaired) electrons. The van der Waals surface area contributed by atoms with Crippen molar-refractivity contribution in [1.82, 2.24) is 14.5 Å². The largest absolute Gasteiger partial charge is 0.369 e. The molecule has 1 aromatic heterocycles. The topological polar surface area (TPSA) is 50.3 Å². The lowest BCUT2D eigenvalue weighted by Gasteiger charge is -2.39. The van der Waals surface area contributed by atoms with Crippen molar-refractivity contribution in [2.75, 3.05) is 37.6 Å². The third-order valence-corrected chi connectivity index (χ3v) is 5.06. The molecule has 1 unspecified atom stereocenters. The Kier molecular flexibility index (Phi) is 4.68. The van der Waals surface area contributed by atoms with E-state index in [2.05, 4.69) is 65.6 Å². The number of anilines is 1. The summed E-state index contributed by atoms with van der Waals surface area (Å²) in [5, 5.41) is 0. The van der Waals surface area contributed by atoms with Crippen LogP contribution in [0.15, 0.2) is 30.3 Å². The zero-order chi connectivity index (χ0) is 16.4. The van der Waals surface area contributed by atoms with Gasteiger partial charge in [0.15, 0.2) is 0 Å². The highest BCUT2D eigenvalue weighted by molar-refractivity contribution is 5.46. The summed E-state index contributed by atoms with van der Waals surface area (Å²) in [4.78, 5) is 9.69. The Labute approximate surface area is 138 Å². The first-order valence-corrected chi connectivity index (χ1v) is 8.35. The summed E-state index contributed by atoms with van der Waals surface area (Å²) >= 11 is 0. The lowest BCUT2D eigenvalue weighted by Crippen LogP contribution is -2.49. The zero-order valence-corrected chi connectivity index (χ0v) is 14.4. The lowest BCUT2D eigenvalue weighted by molar-refractivity contribution is 0.186. The Hall–Kier alpha value is -1.85. The summed E-state index contributed by atoms with van der Waals surface area (Å²) in [5.41, 5.74) is 9.78. The van der Waals surface area contributed by atoms with E-state index in [0.717, 1.165) is 37.7 Å². The van der Waals surface area contributed by atoms with Crippen molar-refractivity contribution >= 4 is 5.69 Å². The summed E-state index contributed by atoms with van der Waals surface area (Å²) in [6.07, 6.45) is 0. The molecule has 0 saturated carbocycles. The van der Waals surface area contributed by atoms with E-state index in [1.54, 1.807) is 0 Å². The third kappa shape index (κ3) is 3.12. The predicted octanol–water partition coefficient (Wildman–Crippen LogP) is 1.86. The first kappa shape index (κ1) is 16.0. The van der Waals surface area contributed by atoms with E-state index in [9.17, 15) is 0 Å². The smallest absolute Gasteiger partial charge is 0.105 e. The number of aromatic nitrogens is 2. The minimum Gasteiger partial charge on any atom is -0.369 e. The standard InChI is InChI=1S/C18H27N5/c1-14-18(20-15(2)21(14)3)17(13-19)23-11-9-22(10-12-23)16-7-5-4-6-8-16/h4-8,17H,9-13,19H2,1-3H3. The van der Waals surface area contributed by atoms with Gasteiger partial charge in [-0.1, -0.05) is 18.2 Å². The van der Waals surface area contributed by atoms with Crippen LogP contribution in [-0.2, 0) is 7.05 Å². The van der Waals surface area contributed by atoms with Gasteiger partial charge in [-0.3, -0.25) is 4.90 Å². The van der Waals surface area contributed by atoms with Crippen LogP contribution in [0.25, 0.3) is 0 Å². The van der Waals surface area contributed by atoms with Crippen molar-refractivity contribution < 1.29 is 0 Å². The highest BCUT2D eigenvalue weighted by atomic mass is 15.3. The van der Waals surface area contributed by atoms with Gasteiger partial charge in [0.1, 0.15) is 5.82 Å². The molecule has 23 heavy (non-hydrogen) atoms. The minimum atomic E-state index is 0.216. The van der Waals surface area contributed by atoms with Gasteiger partial charge in [-0.05, 0) is 26.0 Å². The van der Waals surface area contributed by atoms with Crippen LogP contribution in [-0.4, -0.2) is 47.2 Å².